The molecular weight excluding hydrogens is 543 g/mol. The molecule has 1 saturated heterocycles. The molecule has 178 valence electrons. The SMILES string of the molecule is CCNC(=NCc1ccc(S(=O)(=O)N2CCCCC2)cc1)NCC(C)(O)c1ccco1.I. The zero-order chi connectivity index (χ0) is 22.3. The molecule has 0 amide bonds. The monoisotopic (exact) mass is 576 g/mol. The molecule has 1 unspecified atom stereocenters. The maximum absolute atomic E-state index is 12.8. The van der Waals surface area contributed by atoms with Crippen molar-refractivity contribution in [2.24, 2.45) is 4.99 Å². The molecule has 0 aliphatic carbocycles. The van der Waals surface area contributed by atoms with Crippen molar-refractivity contribution in [3.63, 3.8) is 0 Å². The van der Waals surface area contributed by atoms with E-state index in [4.69, 9.17) is 4.42 Å². The minimum Gasteiger partial charge on any atom is -0.466 e. The number of nitrogens with one attached hydrogen (secondary N) is 2. The summed E-state index contributed by atoms with van der Waals surface area (Å²) in [6.07, 6.45) is 4.44. The molecule has 1 aromatic carbocycles. The molecule has 1 aliphatic heterocycles. The van der Waals surface area contributed by atoms with E-state index >= 15 is 0 Å². The Morgan fingerprint density at radius 2 is 1.84 bits per heavy atom. The van der Waals surface area contributed by atoms with Crippen LogP contribution in [0.3, 0.4) is 0 Å². The number of benzene rings is 1. The van der Waals surface area contributed by atoms with E-state index < -0.39 is 15.6 Å². The van der Waals surface area contributed by atoms with Crippen molar-refractivity contribution < 1.29 is 17.9 Å². The first-order valence-electron chi connectivity index (χ1n) is 10.7. The van der Waals surface area contributed by atoms with Gasteiger partial charge < -0.3 is 20.2 Å². The molecule has 1 aromatic heterocycles. The van der Waals surface area contributed by atoms with Crippen molar-refractivity contribution in [1.29, 1.82) is 0 Å². The van der Waals surface area contributed by atoms with Gasteiger partial charge in [-0.3, -0.25) is 0 Å². The van der Waals surface area contributed by atoms with Gasteiger partial charge in [0.15, 0.2) is 5.96 Å². The maximum atomic E-state index is 12.8. The van der Waals surface area contributed by atoms with Gasteiger partial charge in [-0.25, -0.2) is 13.4 Å². The Labute approximate surface area is 207 Å². The maximum Gasteiger partial charge on any atom is 0.243 e. The van der Waals surface area contributed by atoms with Crippen LogP contribution in [0.1, 0.15) is 44.4 Å². The highest BCUT2D eigenvalue weighted by molar-refractivity contribution is 14.0. The second-order valence-electron chi connectivity index (χ2n) is 7.91. The lowest BCUT2D eigenvalue weighted by molar-refractivity contribution is 0.0386. The summed E-state index contributed by atoms with van der Waals surface area (Å²) in [5.41, 5.74) is -0.281. The fourth-order valence-electron chi connectivity index (χ4n) is 3.46. The highest BCUT2D eigenvalue weighted by Gasteiger charge is 2.27. The third-order valence-electron chi connectivity index (χ3n) is 5.29. The van der Waals surface area contributed by atoms with Crippen LogP contribution in [-0.2, 0) is 22.2 Å². The van der Waals surface area contributed by atoms with Gasteiger partial charge in [0.05, 0.1) is 24.2 Å². The summed E-state index contributed by atoms with van der Waals surface area (Å²) in [5.74, 6) is 1.03. The molecular formula is C22H33IN4O4S. The molecule has 0 spiro atoms. The lowest BCUT2D eigenvalue weighted by atomic mass is 10.0. The fraction of sp³-hybridized carbons (Fsp3) is 0.500. The number of sulfonamides is 1. The van der Waals surface area contributed by atoms with Crippen molar-refractivity contribution in [1.82, 2.24) is 14.9 Å². The van der Waals surface area contributed by atoms with Crippen molar-refractivity contribution in [3.05, 3.63) is 54.0 Å². The van der Waals surface area contributed by atoms with Crippen molar-refractivity contribution in [2.45, 2.75) is 50.2 Å². The van der Waals surface area contributed by atoms with Crippen LogP contribution >= 0.6 is 24.0 Å². The van der Waals surface area contributed by atoms with Crippen LogP contribution in [0, 0.1) is 0 Å². The van der Waals surface area contributed by atoms with E-state index in [-0.39, 0.29) is 30.5 Å². The van der Waals surface area contributed by atoms with Crippen LogP contribution in [0.2, 0.25) is 0 Å². The van der Waals surface area contributed by atoms with Gasteiger partial charge in [0.25, 0.3) is 0 Å². The topological polar surface area (TPSA) is 107 Å². The van der Waals surface area contributed by atoms with E-state index in [1.54, 1.807) is 47.6 Å². The highest BCUT2D eigenvalue weighted by Crippen LogP contribution is 2.21. The average molecular weight is 577 g/mol. The number of rotatable bonds is 8. The molecule has 3 N–H and O–H groups in total. The number of halogens is 1. The predicted octanol–water partition coefficient (Wildman–Crippen LogP) is 3.04. The normalized spacial score (nSPS) is 17.3. The van der Waals surface area contributed by atoms with E-state index in [9.17, 15) is 13.5 Å². The predicted molar refractivity (Wildman–Crippen MR) is 136 cm³/mol. The first-order chi connectivity index (χ1) is 14.8. The Bertz CT molecular complexity index is 954. The molecule has 0 bridgehead atoms. The summed E-state index contributed by atoms with van der Waals surface area (Å²) in [6.45, 7) is 6.08. The van der Waals surface area contributed by atoms with E-state index in [0.29, 0.717) is 42.8 Å². The van der Waals surface area contributed by atoms with Gasteiger partial charge in [-0.05, 0) is 56.5 Å². The smallest absolute Gasteiger partial charge is 0.243 e. The lowest BCUT2D eigenvalue weighted by Gasteiger charge is -2.25. The Morgan fingerprint density at radius 1 is 1.16 bits per heavy atom. The van der Waals surface area contributed by atoms with Crippen LogP contribution in [0.15, 0.2) is 57.0 Å². The Hall–Kier alpha value is -1.63. The zero-order valence-corrected chi connectivity index (χ0v) is 21.7. The summed E-state index contributed by atoms with van der Waals surface area (Å²) in [5, 5.41) is 16.9. The largest absolute Gasteiger partial charge is 0.466 e. The number of piperidine rings is 1. The fourth-order valence-corrected chi connectivity index (χ4v) is 4.98. The molecule has 10 heteroatoms. The highest BCUT2D eigenvalue weighted by atomic mass is 127. The minimum absolute atomic E-state index is 0. The number of guanidine groups is 1. The lowest BCUT2D eigenvalue weighted by Crippen LogP contribution is -2.44. The molecule has 1 fully saturated rings. The van der Waals surface area contributed by atoms with Gasteiger partial charge in [0, 0.05) is 19.6 Å². The molecule has 8 nitrogen and oxygen atoms in total. The van der Waals surface area contributed by atoms with Crippen LogP contribution in [0.5, 0.6) is 0 Å². The van der Waals surface area contributed by atoms with E-state index in [1.807, 2.05) is 6.92 Å². The van der Waals surface area contributed by atoms with E-state index in [2.05, 4.69) is 15.6 Å². The van der Waals surface area contributed by atoms with Gasteiger partial charge in [0.2, 0.25) is 10.0 Å². The summed E-state index contributed by atoms with van der Waals surface area (Å²) in [6, 6.07) is 10.4. The first-order valence-corrected chi connectivity index (χ1v) is 12.1. The Morgan fingerprint density at radius 3 is 2.44 bits per heavy atom. The minimum atomic E-state index is -3.43. The first kappa shape index (κ1) is 26.6. The zero-order valence-electron chi connectivity index (χ0n) is 18.6. The standard InChI is InChI=1S/C22H32N4O4S.HI/c1-3-23-21(25-17-22(2,27)20-8-7-15-30-20)24-16-18-9-11-19(12-10-18)31(28,29)26-13-5-4-6-14-26;/h7-12,15,27H,3-6,13-14,16-17H2,1-2H3,(H2,23,24,25);1H. The van der Waals surface area contributed by atoms with Gasteiger partial charge in [-0.2, -0.15) is 4.31 Å². The molecule has 2 aromatic rings. The molecule has 0 saturated carbocycles. The van der Waals surface area contributed by atoms with Crippen LogP contribution in [-0.4, -0.2) is 50.0 Å². The molecule has 32 heavy (non-hydrogen) atoms. The summed E-state index contributed by atoms with van der Waals surface area (Å²) in [7, 11) is -3.43. The summed E-state index contributed by atoms with van der Waals surface area (Å²) >= 11 is 0. The van der Waals surface area contributed by atoms with Gasteiger partial charge in [0.1, 0.15) is 11.4 Å². The molecule has 1 atom stereocenters. The number of aliphatic imine (C=N–C) groups is 1. The van der Waals surface area contributed by atoms with Gasteiger partial charge >= 0.3 is 0 Å². The third-order valence-corrected chi connectivity index (χ3v) is 7.21. The molecule has 0 radical (unpaired) electrons. The van der Waals surface area contributed by atoms with E-state index in [1.165, 1.54) is 6.26 Å². The second kappa shape index (κ2) is 12.0. The number of nitrogens with zero attached hydrogens (tertiary/aromatic N) is 2. The number of aliphatic hydroxyl groups is 1. The molecule has 2 heterocycles. The van der Waals surface area contributed by atoms with E-state index in [0.717, 1.165) is 24.8 Å². The summed E-state index contributed by atoms with van der Waals surface area (Å²) in [4.78, 5) is 4.86. The van der Waals surface area contributed by atoms with Crippen LogP contribution in [0.4, 0.5) is 0 Å². The number of hydrogen-bond donors (Lipinski definition) is 3. The van der Waals surface area contributed by atoms with Crippen molar-refractivity contribution in [3.8, 4) is 0 Å². The summed E-state index contributed by atoms with van der Waals surface area (Å²) < 4.78 is 32.4. The quantitative estimate of drug-likeness (QED) is 0.254. The third kappa shape index (κ3) is 6.93. The number of furan rings is 1. The Kier molecular flexibility index (Phi) is 9.99. The van der Waals surface area contributed by atoms with Crippen LogP contribution in [0.25, 0.3) is 0 Å². The van der Waals surface area contributed by atoms with Crippen molar-refractivity contribution >= 4 is 40.0 Å². The van der Waals surface area contributed by atoms with Crippen molar-refractivity contribution in [2.75, 3.05) is 26.2 Å². The Balaban J connectivity index is 0.00000363. The van der Waals surface area contributed by atoms with Crippen LogP contribution < -0.4 is 10.6 Å². The number of hydrogen-bond acceptors (Lipinski definition) is 5. The van der Waals surface area contributed by atoms with Gasteiger partial charge in [-0.1, -0.05) is 18.6 Å². The molecule has 1 aliphatic rings. The average Bonchev–Trinajstić information content (AvgIpc) is 3.33. The molecule has 3 rings (SSSR count). The second-order valence-corrected chi connectivity index (χ2v) is 9.85. The van der Waals surface area contributed by atoms with Gasteiger partial charge in [-0.15, -0.1) is 24.0 Å².